The van der Waals surface area contributed by atoms with Crippen molar-refractivity contribution in [2.45, 2.75) is 0 Å². The van der Waals surface area contributed by atoms with Gasteiger partial charge in [0.25, 0.3) is 0 Å². The number of hydrogen-bond acceptors (Lipinski definition) is 3. The van der Waals surface area contributed by atoms with Gasteiger partial charge in [0, 0.05) is 0 Å². The Morgan fingerprint density at radius 1 is 0.923 bits per heavy atom. The molecule has 0 unspecified atom stereocenters. The molecule has 0 amide bonds. The molecule has 1 aromatic rings. The molecule has 0 spiro atoms. The first-order valence-corrected chi connectivity index (χ1v) is 5.43. The van der Waals surface area contributed by atoms with Crippen LogP contribution in [0.15, 0.2) is 12.1 Å². The zero-order valence-corrected chi connectivity index (χ0v) is 11.3. The van der Waals surface area contributed by atoms with Crippen molar-refractivity contribution in [2.75, 3.05) is 21.3 Å². The predicted octanol–water partition coefficient (Wildman–Crippen LogP) is 0.238. The minimum absolute atomic E-state index is 0.756. The summed E-state index contributed by atoms with van der Waals surface area (Å²) in [5, 5.41) is 0. The molecule has 0 aromatic heterocycles. The summed E-state index contributed by atoms with van der Waals surface area (Å²) >= 11 is 0.959. The average Bonchev–Trinajstić information content (AvgIpc) is 2.18. The zero-order valence-electron chi connectivity index (χ0n) is 7.96. The normalized spacial score (nSPS) is 9.54. The third-order valence-corrected chi connectivity index (χ3v) is 3.38. The van der Waals surface area contributed by atoms with E-state index in [1.807, 2.05) is 12.1 Å². The maximum absolute atomic E-state index is 5.20. The van der Waals surface area contributed by atoms with E-state index in [4.69, 9.17) is 14.2 Å². The first-order valence-electron chi connectivity index (χ1n) is 3.78. The van der Waals surface area contributed by atoms with Crippen molar-refractivity contribution < 1.29 is 14.2 Å². The molecule has 1 aromatic carbocycles. The van der Waals surface area contributed by atoms with Gasteiger partial charge in [0.2, 0.25) is 0 Å². The minimum atomic E-state index is 0.756. The molecule has 3 nitrogen and oxygen atoms in total. The molecule has 4 heteroatoms. The van der Waals surface area contributed by atoms with Crippen molar-refractivity contribution in [3.8, 4) is 17.2 Å². The third-order valence-electron chi connectivity index (χ3n) is 1.75. The number of rotatable bonds is 3. The molecule has 0 saturated heterocycles. The Kier molecular flexibility index (Phi) is 3.71. The molecule has 0 bridgehead atoms. The second-order valence-corrected chi connectivity index (χ2v) is 4.09. The van der Waals surface area contributed by atoms with Gasteiger partial charge >= 0.3 is 91.0 Å². The second kappa shape index (κ2) is 4.60. The van der Waals surface area contributed by atoms with Crippen molar-refractivity contribution in [3.05, 3.63) is 12.1 Å². The Morgan fingerprint density at radius 2 is 1.38 bits per heavy atom. The molecule has 2 radical (unpaired) electrons. The fourth-order valence-corrected chi connectivity index (χ4v) is 2.18. The fraction of sp³-hybridized carbons (Fsp3) is 0.333. The van der Waals surface area contributed by atoms with E-state index in [0.717, 1.165) is 43.4 Å². The number of ether oxygens (including phenoxy) is 3. The van der Waals surface area contributed by atoms with Crippen LogP contribution in [-0.4, -0.2) is 43.9 Å². The maximum atomic E-state index is 5.20. The van der Waals surface area contributed by atoms with E-state index < -0.39 is 0 Å². The van der Waals surface area contributed by atoms with E-state index in [9.17, 15) is 0 Å². The van der Waals surface area contributed by atoms with Crippen LogP contribution in [0.25, 0.3) is 0 Å². The summed E-state index contributed by atoms with van der Waals surface area (Å²) in [4.78, 5) is 0. The third kappa shape index (κ3) is 2.21. The molecule has 0 aliphatic heterocycles. The Morgan fingerprint density at radius 3 is 1.69 bits per heavy atom. The number of hydrogen-bond donors (Lipinski definition) is 0. The topological polar surface area (TPSA) is 27.7 Å². The van der Waals surface area contributed by atoms with E-state index in [2.05, 4.69) is 0 Å². The van der Waals surface area contributed by atoms with Crippen LogP contribution in [0.4, 0.5) is 0 Å². The van der Waals surface area contributed by atoms with Crippen LogP contribution in [0.5, 0.6) is 17.2 Å². The molecular formula is C9H12O3Sn. The predicted molar refractivity (Wildman–Crippen MR) is 52.9 cm³/mol. The SMILES string of the molecule is COc1cc(OC)[c]([SnH])c(OC)c1. The van der Waals surface area contributed by atoms with Gasteiger partial charge in [-0.25, -0.2) is 0 Å². The molecule has 70 valence electrons. The van der Waals surface area contributed by atoms with Gasteiger partial charge < -0.3 is 0 Å². The van der Waals surface area contributed by atoms with Gasteiger partial charge in [0.1, 0.15) is 0 Å². The number of methoxy groups -OCH3 is 3. The van der Waals surface area contributed by atoms with Crippen molar-refractivity contribution in [3.63, 3.8) is 0 Å². The molecule has 0 N–H and O–H groups in total. The fourth-order valence-electron chi connectivity index (χ4n) is 1.03. The Bertz CT molecular complexity index is 274. The molecule has 0 saturated carbocycles. The molecule has 13 heavy (non-hydrogen) atoms. The molecule has 0 aliphatic carbocycles. The van der Waals surface area contributed by atoms with Crippen LogP contribution >= 0.6 is 0 Å². The molecule has 0 atom stereocenters. The quantitative estimate of drug-likeness (QED) is 0.745. The van der Waals surface area contributed by atoms with Crippen LogP contribution in [0.3, 0.4) is 0 Å². The van der Waals surface area contributed by atoms with Gasteiger partial charge in [0.15, 0.2) is 0 Å². The second-order valence-electron chi connectivity index (χ2n) is 2.45. The van der Waals surface area contributed by atoms with Gasteiger partial charge in [-0.15, -0.1) is 0 Å². The molecule has 0 fully saturated rings. The summed E-state index contributed by atoms with van der Waals surface area (Å²) in [5.74, 6) is 2.42. The Balaban J connectivity index is 3.20. The van der Waals surface area contributed by atoms with E-state index in [1.54, 1.807) is 21.3 Å². The van der Waals surface area contributed by atoms with Gasteiger partial charge in [-0.05, 0) is 0 Å². The van der Waals surface area contributed by atoms with Gasteiger partial charge in [0.05, 0.1) is 0 Å². The Labute approximate surface area is 91.1 Å². The van der Waals surface area contributed by atoms with Crippen LogP contribution in [0.2, 0.25) is 0 Å². The number of benzene rings is 1. The van der Waals surface area contributed by atoms with E-state index in [0.29, 0.717) is 0 Å². The summed E-state index contributed by atoms with van der Waals surface area (Å²) in [6.07, 6.45) is 0. The first-order chi connectivity index (χ1) is 6.22. The van der Waals surface area contributed by atoms with Crippen molar-refractivity contribution >= 4 is 26.1 Å². The van der Waals surface area contributed by atoms with Crippen LogP contribution < -0.4 is 17.8 Å². The summed E-state index contributed by atoms with van der Waals surface area (Å²) in [6, 6.07) is 3.73. The molecular weight excluding hydrogens is 275 g/mol. The van der Waals surface area contributed by atoms with Gasteiger partial charge in [-0.1, -0.05) is 0 Å². The van der Waals surface area contributed by atoms with Crippen LogP contribution in [0.1, 0.15) is 0 Å². The van der Waals surface area contributed by atoms with E-state index >= 15 is 0 Å². The monoisotopic (exact) mass is 288 g/mol. The first kappa shape index (κ1) is 10.5. The van der Waals surface area contributed by atoms with E-state index in [1.165, 1.54) is 0 Å². The van der Waals surface area contributed by atoms with Gasteiger partial charge in [-0.2, -0.15) is 0 Å². The van der Waals surface area contributed by atoms with Crippen molar-refractivity contribution in [2.24, 2.45) is 0 Å². The van der Waals surface area contributed by atoms with E-state index in [-0.39, 0.29) is 0 Å². The van der Waals surface area contributed by atoms with Gasteiger partial charge in [-0.3, -0.25) is 0 Å². The summed E-state index contributed by atoms with van der Waals surface area (Å²) < 4.78 is 16.6. The zero-order chi connectivity index (χ0) is 9.84. The summed E-state index contributed by atoms with van der Waals surface area (Å²) in [6.45, 7) is 0. The molecule has 1 rings (SSSR count). The molecule has 0 heterocycles. The summed E-state index contributed by atoms with van der Waals surface area (Å²) in [5.41, 5.74) is 0. The van der Waals surface area contributed by atoms with Crippen LogP contribution in [-0.2, 0) is 0 Å². The van der Waals surface area contributed by atoms with Crippen molar-refractivity contribution in [1.82, 2.24) is 0 Å². The van der Waals surface area contributed by atoms with Crippen LogP contribution in [0, 0.1) is 0 Å². The molecule has 0 aliphatic rings. The van der Waals surface area contributed by atoms with Crippen molar-refractivity contribution in [1.29, 1.82) is 0 Å². The standard InChI is InChI=1S/C9H11O3.Sn.H/c1-10-7-4-8(11-2)6-9(5-7)12-3;;/h4-5H,1-3H3;;. The summed E-state index contributed by atoms with van der Waals surface area (Å²) in [7, 11) is 4.92. The Hall–Kier alpha value is -0.581. The average molecular weight is 287 g/mol.